The van der Waals surface area contributed by atoms with Gasteiger partial charge in [-0.25, -0.2) is 13.1 Å². The Labute approximate surface area is 158 Å². The maximum Gasteiger partial charge on any atom is 0.251 e. The average molecular weight is 393 g/mol. The number of halogens is 1. The Bertz CT molecular complexity index is 876. The summed E-state index contributed by atoms with van der Waals surface area (Å²) in [7, 11) is -3.71. The van der Waals surface area contributed by atoms with Gasteiger partial charge in [0.2, 0.25) is 10.0 Å². The number of benzene rings is 2. The summed E-state index contributed by atoms with van der Waals surface area (Å²) < 4.78 is 27.6. The minimum Gasteiger partial charge on any atom is -0.349 e. The Hall–Kier alpha value is -1.89. The largest absolute Gasteiger partial charge is 0.349 e. The van der Waals surface area contributed by atoms with E-state index < -0.39 is 10.0 Å². The first-order valence-corrected chi connectivity index (χ1v) is 10.5. The molecular formula is C19H21ClN2O3S. The van der Waals surface area contributed by atoms with Crippen molar-refractivity contribution in [2.45, 2.75) is 43.2 Å². The highest BCUT2D eigenvalue weighted by molar-refractivity contribution is 7.89. The normalized spacial score (nSPS) is 15.1. The van der Waals surface area contributed by atoms with E-state index in [-0.39, 0.29) is 23.4 Å². The van der Waals surface area contributed by atoms with E-state index in [1.165, 1.54) is 12.1 Å². The van der Waals surface area contributed by atoms with E-state index in [0.717, 1.165) is 31.2 Å². The maximum absolute atomic E-state index is 12.5. The van der Waals surface area contributed by atoms with E-state index in [2.05, 4.69) is 10.0 Å². The fourth-order valence-corrected chi connectivity index (χ4v) is 4.20. The van der Waals surface area contributed by atoms with Crippen molar-refractivity contribution < 1.29 is 13.2 Å². The lowest BCUT2D eigenvalue weighted by atomic mass is 10.2. The third-order valence-corrected chi connectivity index (χ3v) is 6.13. The molecule has 0 saturated heterocycles. The molecular weight excluding hydrogens is 372 g/mol. The molecule has 2 N–H and O–H groups in total. The third kappa shape index (κ3) is 4.84. The first kappa shape index (κ1) is 18.9. The van der Waals surface area contributed by atoms with Crippen LogP contribution in [0.1, 0.15) is 41.6 Å². The van der Waals surface area contributed by atoms with Gasteiger partial charge in [0.1, 0.15) is 0 Å². The van der Waals surface area contributed by atoms with Crippen LogP contribution in [-0.4, -0.2) is 20.4 Å². The summed E-state index contributed by atoms with van der Waals surface area (Å²) in [5.41, 5.74) is 1.15. The standard InChI is InChI=1S/C19H21ClN2O3S/c20-16-10-8-14(9-11-16)13-21-26(24,25)18-7-3-4-15(12-18)19(23)22-17-5-1-2-6-17/h3-4,7-12,17,21H,1-2,5-6,13H2,(H,22,23). The van der Waals surface area contributed by atoms with Gasteiger partial charge in [0.25, 0.3) is 5.91 Å². The summed E-state index contributed by atoms with van der Waals surface area (Å²) in [6.07, 6.45) is 4.20. The molecule has 0 aromatic heterocycles. The lowest BCUT2D eigenvalue weighted by Crippen LogP contribution is -2.32. The summed E-state index contributed by atoms with van der Waals surface area (Å²) in [5.74, 6) is -0.230. The summed E-state index contributed by atoms with van der Waals surface area (Å²) >= 11 is 5.83. The SMILES string of the molecule is O=C(NC1CCCC1)c1cccc(S(=O)(=O)NCc2ccc(Cl)cc2)c1. The molecule has 1 aliphatic carbocycles. The Morgan fingerprint density at radius 2 is 1.77 bits per heavy atom. The topological polar surface area (TPSA) is 75.3 Å². The third-order valence-electron chi connectivity index (χ3n) is 4.48. The van der Waals surface area contributed by atoms with Crippen molar-refractivity contribution in [1.82, 2.24) is 10.0 Å². The van der Waals surface area contributed by atoms with E-state index in [1.54, 1.807) is 36.4 Å². The summed E-state index contributed by atoms with van der Waals surface area (Å²) in [6.45, 7) is 0.151. The van der Waals surface area contributed by atoms with Gasteiger partial charge in [0, 0.05) is 23.2 Å². The molecule has 138 valence electrons. The highest BCUT2D eigenvalue weighted by Crippen LogP contribution is 2.19. The fourth-order valence-electron chi connectivity index (χ4n) is 3.01. The maximum atomic E-state index is 12.5. The van der Waals surface area contributed by atoms with Crippen molar-refractivity contribution in [3.8, 4) is 0 Å². The van der Waals surface area contributed by atoms with Crippen molar-refractivity contribution in [2.24, 2.45) is 0 Å². The number of carbonyl (C=O) groups excluding carboxylic acids is 1. The van der Waals surface area contributed by atoms with Gasteiger partial charge in [-0.1, -0.05) is 42.6 Å². The van der Waals surface area contributed by atoms with E-state index in [9.17, 15) is 13.2 Å². The average Bonchev–Trinajstić information content (AvgIpc) is 3.14. The number of carbonyl (C=O) groups is 1. The van der Waals surface area contributed by atoms with E-state index >= 15 is 0 Å². The van der Waals surface area contributed by atoms with E-state index in [1.807, 2.05) is 0 Å². The molecule has 7 heteroatoms. The smallest absolute Gasteiger partial charge is 0.251 e. The van der Waals surface area contributed by atoms with Crippen molar-refractivity contribution in [3.63, 3.8) is 0 Å². The Morgan fingerprint density at radius 3 is 2.46 bits per heavy atom. The molecule has 0 atom stereocenters. The van der Waals surface area contributed by atoms with Gasteiger partial charge in [-0.3, -0.25) is 4.79 Å². The molecule has 2 aromatic rings. The molecule has 1 saturated carbocycles. The van der Waals surface area contributed by atoms with Gasteiger partial charge in [-0.05, 0) is 48.7 Å². The number of hydrogen-bond acceptors (Lipinski definition) is 3. The molecule has 1 amide bonds. The number of amides is 1. The molecule has 0 aliphatic heterocycles. The first-order chi connectivity index (χ1) is 12.4. The lowest BCUT2D eigenvalue weighted by molar-refractivity contribution is 0.0937. The Kier molecular flexibility index (Phi) is 5.96. The summed E-state index contributed by atoms with van der Waals surface area (Å²) in [4.78, 5) is 12.4. The number of hydrogen-bond donors (Lipinski definition) is 2. The van der Waals surface area contributed by atoms with Gasteiger partial charge in [0.15, 0.2) is 0 Å². The zero-order chi connectivity index (χ0) is 18.6. The first-order valence-electron chi connectivity index (χ1n) is 8.59. The van der Waals surface area contributed by atoms with Crippen molar-refractivity contribution in [1.29, 1.82) is 0 Å². The van der Waals surface area contributed by atoms with Crippen LogP contribution in [0.5, 0.6) is 0 Å². The summed E-state index contributed by atoms with van der Waals surface area (Å²) in [6, 6.07) is 13.2. The fraction of sp³-hybridized carbons (Fsp3) is 0.316. The second-order valence-corrected chi connectivity index (χ2v) is 8.64. The molecule has 0 unspecified atom stereocenters. The molecule has 0 spiro atoms. The minimum absolute atomic E-state index is 0.0746. The highest BCUT2D eigenvalue weighted by atomic mass is 35.5. The predicted octanol–water partition coefficient (Wildman–Crippen LogP) is 3.49. The molecule has 26 heavy (non-hydrogen) atoms. The van der Waals surface area contributed by atoms with Gasteiger partial charge in [-0.2, -0.15) is 0 Å². The zero-order valence-electron chi connectivity index (χ0n) is 14.2. The molecule has 2 aromatic carbocycles. The minimum atomic E-state index is -3.71. The van der Waals surface area contributed by atoms with Crippen LogP contribution in [0.15, 0.2) is 53.4 Å². The van der Waals surface area contributed by atoms with Gasteiger partial charge in [-0.15, -0.1) is 0 Å². The van der Waals surface area contributed by atoms with Crippen LogP contribution in [0.25, 0.3) is 0 Å². The van der Waals surface area contributed by atoms with E-state index in [4.69, 9.17) is 11.6 Å². The van der Waals surface area contributed by atoms with Gasteiger partial charge in [0.05, 0.1) is 4.90 Å². The van der Waals surface area contributed by atoms with Crippen LogP contribution >= 0.6 is 11.6 Å². The molecule has 5 nitrogen and oxygen atoms in total. The van der Waals surface area contributed by atoms with Gasteiger partial charge >= 0.3 is 0 Å². The number of rotatable bonds is 6. The molecule has 0 heterocycles. The number of sulfonamides is 1. The van der Waals surface area contributed by atoms with Crippen molar-refractivity contribution in [3.05, 3.63) is 64.7 Å². The molecule has 1 fully saturated rings. The second kappa shape index (κ2) is 8.20. The Balaban J connectivity index is 1.69. The van der Waals surface area contributed by atoms with Crippen LogP contribution in [-0.2, 0) is 16.6 Å². The number of nitrogens with one attached hydrogen (secondary N) is 2. The quantitative estimate of drug-likeness (QED) is 0.790. The summed E-state index contributed by atoms with van der Waals surface area (Å²) in [5, 5.41) is 3.57. The van der Waals surface area contributed by atoms with E-state index in [0.29, 0.717) is 10.6 Å². The molecule has 3 rings (SSSR count). The van der Waals surface area contributed by atoms with Crippen LogP contribution in [0.2, 0.25) is 5.02 Å². The monoisotopic (exact) mass is 392 g/mol. The highest BCUT2D eigenvalue weighted by Gasteiger charge is 2.20. The van der Waals surface area contributed by atoms with Crippen LogP contribution in [0.4, 0.5) is 0 Å². The Morgan fingerprint density at radius 1 is 1.08 bits per heavy atom. The van der Waals surface area contributed by atoms with Crippen LogP contribution in [0.3, 0.4) is 0 Å². The lowest BCUT2D eigenvalue weighted by Gasteiger charge is -2.13. The van der Waals surface area contributed by atoms with Crippen LogP contribution < -0.4 is 10.0 Å². The molecule has 0 radical (unpaired) electrons. The van der Waals surface area contributed by atoms with Crippen LogP contribution in [0, 0.1) is 0 Å². The predicted molar refractivity (Wildman–Crippen MR) is 102 cm³/mol. The zero-order valence-corrected chi connectivity index (χ0v) is 15.8. The van der Waals surface area contributed by atoms with Crippen molar-refractivity contribution in [2.75, 3.05) is 0 Å². The second-order valence-electron chi connectivity index (χ2n) is 6.43. The molecule has 0 bridgehead atoms. The van der Waals surface area contributed by atoms with Crippen molar-refractivity contribution >= 4 is 27.5 Å². The van der Waals surface area contributed by atoms with Gasteiger partial charge < -0.3 is 5.32 Å². The molecule has 1 aliphatic rings.